The molecule has 0 saturated heterocycles. The van der Waals surface area contributed by atoms with Crippen LogP contribution in [0.5, 0.6) is 0 Å². The smallest absolute Gasteiger partial charge is 1.00 e. The molecule has 0 aliphatic carbocycles. The van der Waals surface area contributed by atoms with Crippen LogP contribution in [0.3, 0.4) is 0 Å². The van der Waals surface area contributed by atoms with Crippen LogP contribution in [-0.4, -0.2) is 0 Å². The minimum Gasteiger partial charge on any atom is 1.00 e. The molecule has 1 aromatic rings. The van der Waals surface area contributed by atoms with Gasteiger partial charge in [0.25, 0.3) is 0 Å². The van der Waals surface area contributed by atoms with Crippen molar-refractivity contribution < 1.29 is 52.7 Å². The van der Waals surface area contributed by atoms with Gasteiger partial charge in [0, 0.05) is 0 Å². The van der Waals surface area contributed by atoms with E-state index in [2.05, 4.69) is 0 Å². The molecule has 10 heavy (non-hydrogen) atoms. The Morgan fingerprint density at radius 2 is 2.20 bits per heavy atom. The summed E-state index contributed by atoms with van der Waals surface area (Å²) in [6.45, 7) is 0. The maximum atomic E-state index is 8.15. The normalized spacial score (nSPS) is 7.10. The number of hydrogen-bond donors (Lipinski definition) is 0. The molecule has 1 heterocycles. The van der Waals surface area contributed by atoms with Crippen LogP contribution in [0.1, 0.15) is 0 Å². The van der Waals surface area contributed by atoms with Gasteiger partial charge in [-0.3, -0.25) is 0 Å². The molecule has 0 fully saturated rings. The van der Waals surface area contributed by atoms with Crippen LogP contribution in [0.2, 0.25) is 0 Å². The first kappa shape index (κ1) is 13.5. The first-order valence-corrected chi connectivity index (χ1v) is 3.74. The van der Waals surface area contributed by atoms with Crippen LogP contribution in [0.25, 0.3) is 0 Å². The van der Waals surface area contributed by atoms with Crippen molar-refractivity contribution in [2.45, 2.75) is 0 Å². The van der Waals surface area contributed by atoms with Crippen molar-refractivity contribution in [3.8, 4) is 4.97 Å². The van der Waals surface area contributed by atoms with Crippen molar-refractivity contribution >= 4 is 15.1 Å². The Morgan fingerprint density at radius 1 is 1.50 bits per heavy atom. The second-order valence-electron chi connectivity index (χ2n) is 1.02. The number of thiophene rings is 1. The molecular formula is C5H3CuLi2NS. The molecule has 47 valence electrons. The summed E-state index contributed by atoms with van der Waals surface area (Å²) in [4.78, 5) is 1.99. The molecule has 0 aromatic carbocycles. The van der Waals surface area contributed by atoms with Crippen LogP contribution in [0, 0.1) is 10.2 Å². The molecule has 0 amide bonds. The molecule has 1 rings (SSSR count). The zero-order valence-electron chi connectivity index (χ0n) is 5.89. The van der Waals surface area contributed by atoms with Crippen LogP contribution >= 0.6 is 11.3 Å². The van der Waals surface area contributed by atoms with Gasteiger partial charge in [-0.15, -0.1) is 0 Å². The van der Waals surface area contributed by atoms with Gasteiger partial charge in [0.2, 0.25) is 0 Å². The van der Waals surface area contributed by atoms with Gasteiger partial charge in [-0.2, -0.15) is 0 Å². The molecule has 5 heteroatoms. The van der Waals surface area contributed by atoms with Gasteiger partial charge in [0.05, 0.1) is 0 Å². The van der Waals surface area contributed by atoms with E-state index in [9.17, 15) is 0 Å². The summed E-state index contributed by atoms with van der Waals surface area (Å²) in [7, 11) is 0. The first-order valence-electron chi connectivity index (χ1n) is 1.92. The Labute approximate surface area is 94.7 Å². The molecule has 0 aliphatic heterocycles. The third-order valence-electron chi connectivity index (χ3n) is 0.573. The topological polar surface area (TPSA) is 23.8 Å². The van der Waals surface area contributed by atoms with Crippen LogP contribution in [0.15, 0.2) is 17.5 Å². The Morgan fingerprint density at radius 3 is 2.60 bits per heavy atom. The predicted octanol–water partition coefficient (Wildman–Crippen LogP) is -5.06. The number of rotatable bonds is 1. The fraction of sp³-hybridized carbons (Fsp3) is 0. The maximum absolute atomic E-state index is 8.15. The molecule has 0 unspecified atom stereocenters. The van der Waals surface area contributed by atoms with E-state index in [1.165, 1.54) is 15.0 Å². The number of hydrogen-bond acceptors (Lipinski definition) is 2. The van der Waals surface area contributed by atoms with Gasteiger partial charge in [0.15, 0.2) is 0 Å². The van der Waals surface area contributed by atoms with Crippen LogP contribution in [0.4, 0.5) is 0 Å². The average molecular weight is 187 g/mol. The zero-order valence-corrected chi connectivity index (χ0v) is 7.65. The second-order valence-corrected chi connectivity index (χ2v) is 3.18. The molecule has 0 N–H and O–H groups in total. The minimum absolute atomic E-state index is 0. The van der Waals surface area contributed by atoms with Gasteiger partial charge in [0.1, 0.15) is 0 Å². The van der Waals surface area contributed by atoms with E-state index in [1.807, 2.05) is 22.5 Å². The van der Waals surface area contributed by atoms with Crippen molar-refractivity contribution in [2.75, 3.05) is 0 Å². The fourth-order valence-electron chi connectivity index (χ4n) is 0.322. The molecule has 0 saturated carbocycles. The molecular weight excluding hydrogens is 184 g/mol. The number of nitriles is 1. The van der Waals surface area contributed by atoms with E-state index < -0.39 is 0 Å². The zero-order chi connectivity index (χ0) is 5.82. The summed E-state index contributed by atoms with van der Waals surface area (Å²) < 4.78 is 1.05. The standard InChI is InChI=1S/C4H3S.CN.Cu.2Li/c1-2-4-5-3-1;1-2;;;/h1-3H;;;;/q;;-2;2*+1. The molecule has 0 bridgehead atoms. The summed E-state index contributed by atoms with van der Waals surface area (Å²) >= 11 is 2.87. The SMILES string of the molecule is N#[C][Cu-2][c]1cccs1.[Li+].[Li+]. The van der Waals surface area contributed by atoms with Gasteiger partial charge in [-0.05, 0) is 0 Å². The van der Waals surface area contributed by atoms with Crippen molar-refractivity contribution in [1.82, 2.24) is 0 Å². The quantitative estimate of drug-likeness (QED) is 0.403. The third kappa shape index (κ3) is 4.68. The summed E-state index contributed by atoms with van der Waals surface area (Å²) in [5.41, 5.74) is 0. The van der Waals surface area contributed by atoms with Crippen molar-refractivity contribution in [3.05, 3.63) is 17.5 Å². The maximum Gasteiger partial charge on any atom is 1.00 e. The molecule has 0 atom stereocenters. The Bertz CT molecular complexity index is 194. The van der Waals surface area contributed by atoms with Crippen molar-refractivity contribution in [2.24, 2.45) is 0 Å². The van der Waals surface area contributed by atoms with E-state index in [-0.39, 0.29) is 37.7 Å². The van der Waals surface area contributed by atoms with Crippen molar-refractivity contribution in [3.63, 3.8) is 0 Å². The average Bonchev–Trinajstić information content (AvgIpc) is 2.19. The summed E-state index contributed by atoms with van der Waals surface area (Å²) in [5.74, 6) is 0. The monoisotopic (exact) mass is 186 g/mol. The van der Waals surface area contributed by atoms with Crippen molar-refractivity contribution in [1.29, 1.82) is 5.26 Å². The van der Waals surface area contributed by atoms with Gasteiger partial charge >= 0.3 is 95.5 Å². The Balaban J connectivity index is 0. The minimum atomic E-state index is 0. The fourth-order valence-corrected chi connectivity index (χ4v) is 1.54. The first-order chi connectivity index (χ1) is 3.93. The van der Waals surface area contributed by atoms with Gasteiger partial charge in [-0.1, -0.05) is 0 Å². The number of nitrogens with zero attached hydrogens (tertiary/aromatic N) is 1. The molecule has 0 spiro atoms. The summed E-state index contributed by atoms with van der Waals surface area (Å²) in [6.07, 6.45) is 0. The summed E-state index contributed by atoms with van der Waals surface area (Å²) in [6, 6.07) is 3.86. The Hall–Kier alpha value is 0.904. The van der Waals surface area contributed by atoms with E-state index in [0.29, 0.717) is 0 Å². The molecule has 0 aliphatic rings. The molecule has 1 aromatic heterocycles. The summed E-state index contributed by atoms with van der Waals surface area (Å²) in [5, 5.41) is 10.1. The Kier molecular flexibility index (Phi) is 10.8. The molecule has 1 nitrogen and oxygen atoms in total. The largest absolute Gasteiger partial charge is 1.00 e. The van der Waals surface area contributed by atoms with Gasteiger partial charge in [-0.25, -0.2) is 0 Å². The van der Waals surface area contributed by atoms with Gasteiger partial charge < -0.3 is 0 Å². The van der Waals surface area contributed by atoms with E-state index in [1.54, 1.807) is 11.3 Å². The van der Waals surface area contributed by atoms with E-state index >= 15 is 0 Å². The van der Waals surface area contributed by atoms with Crippen LogP contribution in [-0.2, 0) is 15.0 Å². The second kappa shape index (κ2) is 8.01. The van der Waals surface area contributed by atoms with E-state index in [4.69, 9.17) is 5.26 Å². The van der Waals surface area contributed by atoms with E-state index in [0.717, 1.165) is 3.78 Å². The third-order valence-corrected chi connectivity index (χ3v) is 2.29. The predicted molar refractivity (Wildman–Crippen MR) is 29.6 cm³/mol. The van der Waals surface area contributed by atoms with Crippen LogP contribution < -0.4 is 41.5 Å². The molecule has 0 radical (unpaired) electrons.